The standard InChI is InChI=1S/C23H28F3N5O/c1-4-8-16(12-17(9-5-2)23(24,25)26)19-13-20-18(10-7-11-31(20)30-19)28-21-14-27-15-22(29-21)32-6-3/h4,8-9,12-15,18H,5-7,10-11H2,1-3H3,(H,28,29)/b8-4-,16-12+,17-9-. The fraction of sp³-hybridized carbons (Fsp3) is 0.435. The molecule has 1 atom stereocenters. The van der Waals surface area contributed by atoms with Crippen molar-refractivity contribution >= 4 is 11.4 Å². The van der Waals surface area contributed by atoms with Gasteiger partial charge in [-0.05, 0) is 45.3 Å². The zero-order valence-corrected chi connectivity index (χ0v) is 18.5. The van der Waals surface area contributed by atoms with Gasteiger partial charge in [-0.3, -0.25) is 9.67 Å². The van der Waals surface area contributed by atoms with Crippen molar-refractivity contribution in [2.75, 3.05) is 11.9 Å². The lowest BCUT2D eigenvalue weighted by Gasteiger charge is -2.24. The number of fused-ring (bicyclic) bond motifs is 1. The highest BCUT2D eigenvalue weighted by atomic mass is 19.4. The molecule has 9 heteroatoms. The molecular weight excluding hydrogens is 419 g/mol. The van der Waals surface area contributed by atoms with Crippen LogP contribution in [0.1, 0.15) is 57.5 Å². The van der Waals surface area contributed by atoms with E-state index in [-0.39, 0.29) is 6.04 Å². The second kappa shape index (κ2) is 10.5. The minimum Gasteiger partial charge on any atom is -0.477 e. The van der Waals surface area contributed by atoms with Gasteiger partial charge < -0.3 is 10.1 Å². The largest absolute Gasteiger partial charge is 0.477 e. The van der Waals surface area contributed by atoms with Gasteiger partial charge in [-0.2, -0.15) is 23.3 Å². The summed E-state index contributed by atoms with van der Waals surface area (Å²) in [6.45, 7) is 6.53. The number of halogens is 3. The van der Waals surface area contributed by atoms with Gasteiger partial charge in [-0.1, -0.05) is 25.2 Å². The molecule has 0 spiro atoms. The molecule has 2 aromatic heterocycles. The highest BCUT2D eigenvalue weighted by molar-refractivity contribution is 5.74. The van der Waals surface area contributed by atoms with Crippen LogP contribution in [-0.2, 0) is 6.54 Å². The van der Waals surface area contributed by atoms with Gasteiger partial charge in [0.25, 0.3) is 0 Å². The van der Waals surface area contributed by atoms with Crippen molar-refractivity contribution in [3.63, 3.8) is 0 Å². The molecule has 0 fully saturated rings. The molecule has 172 valence electrons. The number of alkyl halides is 3. The molecule has 2 aromatic rings. The minimum absolute atomic E-state index is 0.0868. The van der Waals surface area contributed by atoms with Gasteiger partial charge in [0.15, 0.2) is 0 Å². The highest BCUT2D eigenvalue weighted by Crippen LogP contribution is 2.33. The van der Waals surface area contributed by atoms with E-state index in [0.29, 0.717) is 42.5 Å². The quantitative estimate of drug-likeness (QED) is 0.512. The van der Waals surface area contributed by atoms with Gasteiger partial charge in [-0.25, -0.2) is 0 Å². The van der Waals surface area contributed by atoms with Crippen molar-refractivity contribution in [1.29, 1.82) is 0 Å². The van der Waals surface area contributed by atoms with E-state index in [1.807, 2.05) is 17.7 Å². The first kappa shape index (κ1) is 23.6. The Morgan fingerprint density at radius 1 is 1.31 bits per heavy atom. The molecule has 0 aromatic carbocycles. The molecule has 3 heterocycles. The average molecular weight is 448 g/mol. The van der Waals surface area contributed by atoms with Crippen LogP contribution in [0.4, 0.5) is 19.0 Å². The molecule has 0 amide bonds. The number of hydrogen-bond acceptors (Lipinski definition) is 5. The number of aromatic nitrogens is 4. The lowest BCUT2D eigenvalue weighted by atomic mass is 10.0. The Morgan fingerprint density at radius 2 is 2.12 bits per heavy atom. The number of nitrogens with one attached hydrogen (secondary N) is 1. The van der Waals surface area contributed by atoms with Crippen LogP contribution in [0.5, 0.6) is 5.88 Å². The molecular formula is C23H28F3N5O. The topological polar surface area (TPSA) is 64.9 Å². The highest BCUT2D eigenvalue weighted by Gasteiger charge is 2.32. The van der Waals surface area contributed by atoms with Crippen LogP contribution in [0.2, 0.25) is 0 Å². The molecule has 0 saturated heterocycles. The van der Waals surface area contributed by atoms with Crippen molar-refractivity contribution in [1.82, 2.24) is 19.7 Å². The van der Waals surface area contributed by atoms with Crippen molar-refractivity contribution < 1.29 is 17.9 Å². The van der Waals surface area contributed by atoms with Gasteiger partial charge in [0.05, 0.1) is 42.0 Å². The summed E-state index contributed by atoms with van der Waals surface area (Å²) in [5, 5.41) is 7.97. The van der Waals surface area contributed by atoms with Gasteiger partial charge in [0.2, 0.25) is 5.88 Å². The van der Waals surface area contributed by atoms with Gasteiger partial charge >= 0.3 is 6.18 Å². The average Bonchev–Trinajstić information content (AvgIpc) is 3.18. The molecule has 0 bridgehead atoms. The molecule has 1 N–H and O–H groups in total. The second-order valence-electron chi connectivity index (χ2n) is 7.36. The first-order valence-corrected chi connectivity index (χ1v) is 10.8. The SMILES string of the molecule is C\C=C/C(=C\C(=C\CC)C(F)(F)F)c1cc2n(n1)CCCC2Nc1cncc(OCC)n1. The zero-order chi connectivity index (χ0) is 23.1. The Balaban J connectivity index is 1.93. The van der Waals surface area contributed by atoms with E-state index in [0.717, 1.165) is 24.6 Å². The maximum Gasteiger partial charge on any atom is 0.416 e. The predicted molar refractivity (Wildman–Crippen MR) is 118 cm³/mol. The fourth-order valence-electron chi connectivity index (χ4n) is 3.62. The first-order chi connectivity index (χ1) is 15.4. The third kappa shape index (κ3) is 5.77. The summed E-state index contributed by atoms with van der Waals surface area (Å²) in [5.41, 5.74) is 1.16. The van der Waals surface area contributed by atoms with Gasteiger partial charge in [-0.15, -0.1) is 0 Å². The Morgan fingerprint density at radius 3 is 2.81 bits per heavy atom. The minimum atomic E-state index is -4.42. The molecule has 3 rings (SSSR count). The molecule has 6 nitrogen and oxygen atoms in total. The third-order valence-electron chi connectivity index (χ3n) is 4.96. The maximum absolute atomic E-state index is 13.4. The van der Waals surface area contributed by atoms with Crippen LogP contribution >= 0.6 is 0 Å². The van der Waals surface area contributed by atoms with Crippen molar-refractivity contribution in [2.24, 2.45) is 0 Å². The summed E-state index contributed by atoms with van der Waals surface area (Å²) < 4.78 is 47.6. The number of anilines is 1. The summed E-state index contributed by atoms with van der Waals surface area (Å²) in [6.07, 6.45) is 6.50. The molecule has 1 aliphatic heterocycles. The Bertz CT molecular complexity index is 1010. The van der Waals surface area contributed by atoms with E-state index in [9.17, 15) is 13.2 Å². The molecule has 0 saturated carbocycles. The number of aryl methyl sites for hydroxylation is 1. The van der Waals surface area contributed by atoms with Crippen molar-refractivity contribution in [3.05, 3.63) is 59.7 Å². The third-order valence-corrected chi connectivity index (χ3v) is 4.96. The number of allylic oxidation sites excluding steroid dienone is 6. The first-order valence-electron chi connectivity index (χ1n) is 10.8. The van der Waals surface area contributed by atoms with Gasteiger partial charge in [0.1, 0.15) is 5.82 Å². The number of ether oxygens (including phenoxy) is 1. The summed E-state index contributed by atoms with van der Waals surface area (Å²) in [5.74, 6) is 1.01. The van der Waals surface area contributed by atoms with Crippen LogP contribution in [0, 0.1) is 0 Å². The molecule has 1 unspecified atom stereocenters. The number of rotatable bonds is 8. The summed E-state index contributed by atoms with van der Waals surface area (Å²) in [4.78, 5) is 8.56. The molecule has 32 heavy (non-hydrogen) atoms. The lowest BCUT2D eigenvalue weighted by molar-refractivity contribution is -0.0883. The monoisotopic (exact) mass is 447 g/mol. The van der Waals surface area contributed by atoms with Crippen LogP contribution in [0.25, 0.3) is 5.57 Å². The molecule has 0 aliphatic carbocycles. The number of nitrogens with zero attached hydrogens (tertiary/aromatic N) is 4. The van der Waals surface area contributed by atoms with Crippen molar-refractivity contribution in [2.45, 2.75) is 58.8 Å². The summed E-state index contributed by atoms with van der Waals surface area (Å²) in [7, 11) is 0. The van der Waals surface area contributed by atoms with E-state index >= 15 is 0 Å². The maximum atomic E-state index is 13.4. The van der Waals surface area contributed by atoms with E-state index in [4.69, 9.17) is 4.74 Å². The van der Waals surface area contributed by atoms with Crippen LogP contribution < -0.4 is 10.1 Å². The smallest absolute Gasteiger partial charge is 0.416 e. The Hall–Kier alpha value is -3.10. The normalized spacial score (nSPS) is 17.5. The summed E-state index contributed by atoms with van der Waals surface area (Å²) in [6, 6.07) is 1.76. The zero-order valence-electron chi connectivity index (χ0n) is 18.5. The molecule has 1 aliphatic rings. The van der Waals surface area contributed by atoms with Crippen LogP contribution in [-0.4, -0.2) is 32.5 Å². The van der Waals surface area contributed by atoms with E-state index in [1.165, 1.54) is 6.08 Å². The fourth-order valence-corrected chi connectivity index (χ4v) is 3.62. The van der Waals surface area contributed by atoms with Gasteiger partial charge in [0, 0.05) is 12.1 Å². The predicted octanol–water partition coefficient (Wildman–Crippen LogP) is 5.88. The van der Waals surface area contributed by atoms with Crippen molar-refractivity contribution in [3.8, 4) is 5.88 Å². The van der Waals surface area contributed by atoms with Crippen LogP contribution in [0.3, 0.4) is 0 Å². The Labute approximate surface area is 185 Å². The second-order valence-corrected chi connectivity index (χ2v) is 7.36. The van der Waals surface area contributed by atoms with Crippen LogP contribution in [0.15, 0.2) is 48.3 Å². The van der Waals surface area contributed by atoms with E-state index < -0.39 is 11.7 Å². The summed E-state index contributed by atoms with van der Waals surface area (Å²) >= 11 is 0. The Kier molecular flexibility index (Phi) is 7.71. The lowest BCUT2D eigenvalue weighted by Crippen LogP contribution is -2.22. The number of hydrogen-bond donors (Lipinski definition) is 1. The van der Waals surface area contributed by atoms with E-state index in [1.54, 1.807) is 38.4 Å². The molecule has 0 radical (unpaired) electrons. The van der Waals surface area contributed by atoms with E-state index in [2.05, 4.69) is 20.4 Å².